The van der Waals surface area contributed by atoms with Crippen LogP contribution in [0.15, 0.2) is 63.7 Å². The zero-order chi connectivity index (χ0) is 22.7. The van der Waals surface area contributed by atoms with Gasteiger partial charge in [0.25, 0.3) is 0 Å². The number of methoxy groups -OCH3 is 1. The number of nitrogens with one attached hydrogen (secondary N) is 1. The van der Waals surface area contributed by atoms with Crippen molar-refractivity contribution in [3.8, 4) is 11.5 Å². The van der Waals surface area contributed by atoms with E-state index in [-0.39, 0.29) is 28.0 Å². The highest BCUT2D eigenvalue weighted by atomic mass is 32.2. The maximum absolute atomic E-state index is 13.3. The summed E-state index contributed by atoms with van der Waals surface area (Å²) in [5.41, 5.74) is 1.34. The second-order valence-electron chi connectivity index (χ2n) is 7.59. The van der Waals surface area contributed by atoms with Crippen molar-refractivity contribution in [2.45, 2.75) is 41.9 Å². The number of fused-ring (bicyclic) bond motifs is 1. The first-order valence-electron chi connectivity index (χ1n) is 10.5. The molecule has 1 aliphatic heterocycles. The maximum Gasteiger partial charge on any atom is 0.225 e. The molecule has 168 valence electrons. The summed E-state index contributed by atoms with van der Waals surface area (Å²) in [5.74, 6) is 0.965. The first kappa shape index (κ1) is 22.4. The van der Waals surface area contributed by atoms with E-state index in [0.29, 0.717) is 18.0 Å². The normalized spacial score (nSPS) is 15.7. The largest absolute Gasteiger partial charge is 0.497 e. The van der Waals surface area contributed by atoms with E-state index in [4.69, 9.17) is 9.47 Å². The average molecular weight is 472 g/mol. The molecule has 1 atom stereocenters. The quantitative estimate of drug-likeness (QED) is 0.454. The smallest absolute Gasteiger partial charge is 0.225 e. The Balaban J connectivity index is 1.65. The van der Waals surface area contributed by atoms with Gasteiger partial charge >= 0.3 is 0 Å². The topological polar surface area (TPSA) is 81.7 Å². The van der Waals surface area contributed by atoms with Gasteiger partial charge in [-0.2, -0.15) is 0 Å². The molecule has 0 saturated heterocycles. The summed E-state index contributed by atoms with van der Waals surface area (Å²) in [4.78, 5) is 13.6. The highest BCUT2D eigenvalue weighted by Gasteiger charge is 2.34. The zero-order valence-electron chi connectivity index (χ0n) is 18.0. The van der Waals surface area contributed by atoms with Crippen LogP contribution in [0.2, 0.25) is 0 Å². The molecule has 1 aromatic heterocycles. The Morgan fingerprint density at radius 1 is 1.06 bits per heavy atom. The van der Waals surface area contributed by atoms with Crippen LogP contribution in [-0.4, -0.2) is 28.0 Å². The summed E-state index contributed by atoms with van der Waals surface area (Å²) in [6.45, 7) is 2.78. The number of anilines is 1. The van der Waals surface area contributed by atoms with Crippen LogP contribution >= 0.6 is 11.3 Å². The van der Waals surface area contributed by atoms with Crippen molar-refractivity contribution in [2.75, 3.05) is 19.0 Å². The molecular formula is C24H25NO5S2. The third kappa shape index (κ3) is 4.38. The minimum absolute atomic E-state index is 0.125. The number of carbonyl (C=O) groups is 1. The van der Waals surface area contributed by atoms with Gasteiger partial charge < -0.3 is 14.8 Å². The molecular weight excluding hydrogens is 446 g/mol. The minimum atomic E-state index is -3.79. The van der Waals surface area contributed by atoms with Crippen LogP contribution in [0.3, 0.4) is 0 Å². The van der Waals surface area contributed by atoms with Crippen LogP contribution < -0.4 is 14.8 Å². The monoisotopic (exact) mass is 471 g/mol. The molecule has 2 heterocycles. The van der Waals surface area contributed by atoms with E-state index in [1.165, 1.54) is 30.6 Å². The molecule has 0 aliphatic carbocycles. The number of carbonyl (C=O) groups excluding carboxylic acids is 1. The summed E-state index contributed by atoms with van der Waals surface area (Å²) < 4.78 is 37.4. The van der Waals surface area contributed by atoms with E-state index < -0.39 is 9.84 Å². The van der Waals surface area contributed by atoms with E-state index >= 15 is 0 Å². The van der Waals surface area contributed by atoms with Crippen molar-refractivity contribution in [3.05, 3.63) is 64.4 Å². The molecule has 0 spiro atoms. The van der Waals surface area contributed by atoms with Crippen LogP contribution in [0.1, 0.15) is 42.5 Å². The lowest BCUT2D eigenvalue weighted by atomic mass is 9.90. The fourth-order valence-electron chi connectivity index (χ4n) is 3.68. The van der Waals surface area contributed by atoms with Crippen LogP contribution in [-0.2, 0) is 14.6 Å². The maximum atomic E-state index is 13.3. The van der Waals surface area contributed by atoms with E-state index in [0.717, 1.165) is 29.0 Å². The number of hydrogen-bond donors (Lipinski definition) is 1. The molecule has 0 radical (unpaired) electrons. The number of hydrogen-bond acceptors (Lipinski definition) is 6. The predicted molar refractivity (Wildman–Crippen MR) is 125 cm³/mol. The summed E-state index contributed by atoms with van der Waals surface area (Å²) in [6, 6.07) is 13.9. The molecule has 3 aromatic rings. The molecule has 4 rings (SSSR count). The first-order valence-corrected chi connectivity index (χ1v) is 12.8. The zero-order valence-corrected chi connectivity index (χ0v) is 19.6. The fraction of sp³-hybridized carbons (Fsp3) is 0.292. The molecule has 2 aromatic carbocycles. The molecule has 0 unspecified atom stereocenters. The van der Waals surface area contributed by atoms with Gasteiger partial charge in [0.2, 0.25) is 15.7 Å². The van der Waals surface area contributed by atoms with Crippen molar-refractivity contribution < 1.29 is 22.7 Å². The molecule has 6 nitrogen and oxygen atoms in total. The summed E-state index contributed by atoms with van der Waals surface area (Å²) >= 11 is 1.36. The minimum Gasteiger partial charge on any atom is -0.497 e. The third-order valence-electron chi connectivity index (χ3n) is 5.46. The number of benzene rings is 2. The molecule has 1 N–H and O–H groups in total. The Morgan fingerprint density at radius 2 is 1.75 bits per heavy atom. The van der Waals surface area contributed by atoms with Gasteiger partial charge in [-0.1, -0.05) is 25.5 Å². The average Bonchev–Trinajstić information content (AvgIpc) is 3.24. The lowest BCUT2D eigenvalue weighted by molar-refractivity contribution is -0.116. The molecule has 1 aliphatic rings. The highest BCUT2D eigenvalue weighted by molar-refractivity contribution is 7.91. The predicted octanol–water partition coefficient (Wildman–Crippen LogP) is 5.24. The summed E-state index contributed by atoms with van der Waals surface area (Å²) in [7, 11) is -2.26. The standard InChI is InChI=1S/C24H25NO5S2/c1-3-4-13-30-18-7-5-16(6-8-18)20-14-22(26)25-23-21(15-31-24(20)23)32(27,28)19-11-9-17(29-2)10-12-19/h5-12,15,20H,3-4,13-14H2,1-2H3,(H,25,26)/t20-/m0/s1. The fourth-order valence-corrected chi connectivity index (χ4v) is 6.59. The molecule has 32 heavy (non-hydrogen) atoms. The second kappa shape index (κ2) is 9.34. The van der Waals surface area contributed by atoms with Crippen molar-refractivity contribution >= 4 is 32.8 Å². The van der Waals surface area contributed by atoms with Crippen LogP contribution in [0.5, 0.6) is 11.5 Å². The third-order valence-corrected chi connectivity index (χ3v) is 8.50. The molecule has 0 fully saturated rings. The second-order valence-corrected chi connectivity index (χ2v) is 10.4. The summed E-state index contributed by atoms with van der Waals surface area (Å²) in [5, 5.41) is 4.41. The van der Waals surface area contributed by atoms with Crippen LogP contribution in [0.25, 0.3) is 0 Å². The van der Waals surface area contributed by atoms with Gasteiger partial charge in [-0.15, -0.1) is 11.3 Å². The Hall–Kier alpha value is -2.84. The number of rotatable bonds is 8. The van der Waals surface area contributed by atoms with E-state index in [1.54, 1.807) is 17.5 Å². The van der Waals surface area contributed by atoms with Crippen LogP contribution in [0, 0.1) is 0 Å². The number of ether oxygens (including phenoxy) is 2. The van der Waals surface area contributed by atoms with Gasteiger partial charge in [0.05, 0.1) is 24.3 Å². The van der Waals surface area contributed by atoms with Gasteiger partial charge in [0.15, 0.2) is 0 Å². The first-order chi connectivity index (χ1) is 15.4. The number of sulfone groups is 1. The van der Waals surface area contributed by atoms with Gasteiger partial charge in [0.1, 0.15) is 16.4 Å². The van der Waals surface area contributed by atoms with Crippen molar-refractivity contribution in [3.63, 3.8) is 0 Å². The Bertz CT molecular complexity index is 1200. The number of thiophene rings is 1. The van der Waals surface area contributed by atoms with Gasteiger partial charge in [-0.3, -0.25) is 4.79 Å². The van der Waals surface area contributed by atoms with E-state index in [9.17, 15) is 13.2 Å². The highest BCUT2D eigenvalue weighted by Crippen LogP contribution is 2.46. The molecule has 1 amide bonds. The molecule has 0 bridgehead atoms. The SMILES string of the molecule is CCCCOc1ccc([C@@H]2CC(=O)Nc3c(S(=O)(=O)c4ccc(OC)cc4)csc32)cc1. The summed E-state index contributed by atoms with van der Waals surface area (Å²) in [6.07, 6.45) is 2.33. The van der Waals surface area contributed by atoms with E-state index in [1.807, 2.05) is 24.3 Å². The molecule has 8 heteroatoms. The van der Waals surface area contributed by atoms with Crippen LogP contribution in [0.4, 0.5) is 5.69 Å². The van der Waals surface area contributed by atoms with Gasteiger partial charge in [-0.25, -0.2) is 8.42 Å². The van der Waals surface area contributed by atoms with Crippen molar-refractivity contribution in [2.24, 2.45) is 0 Å². The van der Waals surface area contributed by atoms with Crippen molar-refractivity contribution in [1.82, 2.24) is 0 Å². The lowest BCUT2D eigenvalue weighted by Gasteiger charge is -2.24. The Labute approximate surface area is 192 Å². The number of unbranched alkanes of at least 4 members (excludes halogenated alkanes) is 1. The lowest BCUT2D eigenvalue weighted by Crippen LogP contribution is -2.23. The van der Waals surface area contributed by atoms with Crippen molar-refractivity contribution in [1.29, 1.82) is 0 Å². The Morgan fingerprint density at radius 3 is 2.41 bits per heavy atom. The van der Waals surface area contributed by atoms with Gasteiger partial charge in [-0.05, 0) is 48.4 Å². The Kier molecular flexibility index (Phi) is 6.53. The molecule has 0 saturated carbocycles. The van der Waals surface area contributed by atoms with E-state index in [2.05, 4.69) is 12.2 Å². The number of amides is 1. The van der Waals surface area contributed by atoms with Gasteiger partial charge in [0, 0.05) is 22.6 Å².